The first-order valence-electron chi connectivity index (χ1n) is 12.5. The van der Waals surface area contributed by atoms with Gasteiger partial charge >= 0.3 is 5.97 Å². The van der Waals surface area contributed by atoms with Crippen LogP contribution in [0, 0.1) is 5.92 Å². The molecule has 2 fully saturated rings. The first kappa shape index (κ1) is 23.8. The van der Waals surface area contributed by atoms with Crippen molar-refractivity contribution < 1.29 is 23.7 Å². The molecule has 0 aliphatic carbocycles. The minimum Gasteiger partial charge on any atom is -0.461 e. The Morgan fingerprint density at radius 3 is 2.45 bits per heavy atom. The molecular weight excluding hydrogens is 416 g/mol. The Balaban J connectivity index is 1.41. The molecule has 5 heteroatoms. The molecule has 0 radical (unpaired) electrons. The second-order valence-corrected chi connectivity index (χ2v) is 9.07. The highest BCUT2D eigenvalue weighted by Crippen LogP contribution is 2.37. The summed E-state index contributed by atoms with van der Waals surface area (Å²) < 4.78 is 23.8. The van der Waals surface area contributed by atoms with E-state index in [4.69, 9.17) is 18.9 Å². The number of carbonyl (C=O) groups is 1. The van der Waals surface area contributed by atoms with Crippen molar-refractivity contribution in [2.24, 2.45) is 5.92 Å². The van der Waals surface area contributed by atoms with Gasteiger partial charge in [-0.3, -0.25) is 4.79 Å². The van der Waals surface area contributed by atoms with Crippen LogP contribution in [0.4, 0.5) is 0 Å². The summed E-state index contributed by atoms with van der Waals surface area (Å²) in [7, 11) is 0. The summed E-state index contributed by atoms with van der Waals surface area (Å²) in [4.78, 5) is 12.1. The number of benzene rings is 2. The minimum atomic E-state index is -0.206. The Hall–Kier alpha value is -2.37. The molecule has 0 saturated carbocycles. The molecule has 33 heavy (non-hydrogen) atoms. The molecule has 0 N–H and O–H groups in total. The van der Waals surface area contributed by atoms with Gasteiger partial charge in [0.2, 0.25) is 0 Å². The van der Waals surface area contributed by atoms with Gasteiger partial charge in [0.25, 0.3) is 0 Å². The lowest BCUT2D eigenvalue weighted by Gasteiger charge is -2.38. The molecule has 0 bridgehead atoms. The highest BCUT2D eigenvalue weighted by atomic mass is 16.7. The highest BCUT2D eigenvalue weighted by Gasteiger charge is 2.43. The van der Waals surface area contributed by atoms with Gasteiger partial charge in [-0.05, 0) is 55.5 Å². The molecule has 178 valence electrons. The SMILES string of the molecule is CCCCCC[C@@H]1C(=O)O[C@H]1C[C@H](OC1CCCCO1)c1ccc(Oc2ccccc2)cc1. The third-order valence-electron chi connectivity index (χ3n) is 6.52. The smallest absolute Gasteiger partial charge is 0.313 e. The summed E-state index contributed by atoms with van der Waals surface area (Å²) in [5, 5.41) is 0. The summed E-state index contributed by atoms with van der Waals surface area (Å²) in [5.74, 6) is 1.51. The van der Waals surface area contributed by atoms with Gasteiger partial charge in [0.15, 0.2) is 6.29 Å². The third kappa shape index (κ3) is 6.81. The second kappa shape index (κ2) is 12.2. The van der Waals surface area contributed by atoms with Crippen molar-refractivity contribution in [3.05, 3.63) is 60.2 Å². The van der Waals surface area contributed by atoms with Crippen LogP contribution in [-0.4, -0.2) is 25.0 Å². The summed E-state index contributed by atoms with van der Waals surface area (Å²) in [6, 6.07) is 17.8. The monoisotopic (exact) mass is 452 g/mol. The van der Waals surface area contributed by atoms with Crippen molar-refractivity contribution in [3.8, 4) is 11.5 Å². The Labute approximate surface area is 197 Å². The minimum absolute atomic E-state index is 0.0130. The normalized spacial score (nSPS) is 23.4. The predicted molar refractivity (Wildman–Crippen MR) is 127 cm³/mol. The number of rotatable bonds is 12. The number of cyclic esters (lactones) is 1. The van der Waals surface area contributed by atoms with Crippen molar-refractivity contribution in [2.75, 3.05) is 6.61 Å². The zero-order valence-electron chi connectivity index (χ0n) is 19.6. The highest BCUT2D eigenvalue weighted by molar-refractivity contribution is 5.78. The summed E-state index contributed by atoms with van der Waals surface area (Å²) in [6.45, 7) is 2.94. The van der Waals surface area contributed by atoms with Crippen molar-refractivity contribution in [1.29, 1.82) is 0 Å². The van der Waals surface area contributed by atoms with Gasteiger partial charge in [0.1, 0.15) is 17.6 Å². The van der Waals surface area contributed by atoms with Crippen LogP contribution in [0.5, 0.6) is 11.5 Å². The number of unbranched alkanes of at least 4 members (excludes halogenated alkanes) is 3. The van der Waals surface area contributed by atoms with Gasteiger partial charge < -0.3 is 18.9 Å². The van der Waals surface area contributed by atoms with E-state index in [0.717, 1.165) is 55.8 Å². The van der Waals surface area contributed by atoms with Crippen LogP contribution in [0.25, 0.3) is 0 Å². The lowest BCUT2D eigenvalue weighted by Crippen LogP contribution is -2.46. The molecule has 2 aromatic carbocycles. The van der Waals surface area contributed by atoms with Crippen LogP contribution in [0.3, 0.4) is 0 Å². The first-order valence-corrected chi connectivity index (χ1v) is 12.5. The lowest BCUT2D eigenvalue weighted by molar-refractivity contribution is -0.211. The maximum atomic E-state index is 12.1. The first-order chi connectivity index (χ1) is 16.2. The molecule has 4 atom stereocenters. The predicted octanol–water partition coefficient (Wildman–Crippen LogP) is 6.97. The molecule has 2 saturated heterocycles. The number of ether oxygens (including phenoxy) is 4. The average molecular weight is 453 g/mol. The number of hydrogen-bond donors (Lipinski definition) is 0. The van der Waals surface area contributed by atoms with E-state index in [1.807, 2.05) is 54.6 Å². The quantitative estimate of drug-likeness (QED) is 0.257. The van der Waals surface area contributed by atoms with E-state index >= 15 is 0 Å². The number of carbonyl (C=O) groups excluding carboxylic acids is 1. The molecule has 2 aliphatic rings. The largest absolute Gasteiger partial charge is 0.461 e. The van der Waals surface area contributed by atoms with Crippen LogP contribution >= 0.6 is 0 Å². The topological polar surface area (TPSA) is 54.0 Å². The molecule has 2 aliphatic heterocycles. The third-order valence-corrected chi connectivity index (χ3v) is 6.52. The molecule has 5 nitrogen and oxygen atoms in total. The van der Waals surface area contributed by atoms with E-state index in [1.54, 1.807) is 0 Å². The van der Waals surface area contributed by atoms with Crippen molar-refractivity contribution in [3.63, 3.8) is 0 Å². The van der Waals surface area contributed by atoms with Gasteiger partial charge in [0.05, 0.1) is 12.0 Å². The van der Waals surface area contributed by atoms with Crippen molar-refractivity contribution in [1.82, 2.24) is 0 Å². The van der Waals surface area contributed by atoms with Crippen LogP contribution in [0.1, 0.15) is 76.4 Å². The molecule has 4 rings (SSSR count). The maximum Gasteiger partial charge on any atom is 0.313 e. The number of esters is 1. The Morgan fingerprint density at radius 1 is 0.970 bits per heavy atom. The van der Waals surface area contributed by atoms with Gasteiger partial charge in [0, 0.05) is 13.0 Å². The fourth-order valence-electron chi connectivity index (χ4n) is 4.56. The number of hydrogen-bond acceptors (Lipinski definition) is 5. The zero-order valence-corrected chi connectivity index (χ0v) is 19.6. The Kier molecular flexibility index (Phi) is 8.79. The standard InChI is InChI=1S/C28H36O5/c1-2-3-4-8-13-24-26(33-28(24)29)20-25(32-27-14-9-10-19-30-27)21-15-17-23(18-16-21)31-22-11-6-5-7-12-22/h5-7,11-12,15-18,24-27H,2-4,8-10,13-14,19-20H2,1H3/t24-,25-,26-,27?/m0/s1. The zero-order chi connectivity index (χ0) is 22.9. The fraction of sp³-hybridized carbons (Fsp3) is 0.536. The summed E-state index contributed by atoms with van der Waals surface area (Å²) >= 11 is 0. The molecule has 2 heterocycles. The van der Waals surface area contributed by atoms with Crippen LogP contribution in [0.15, 0.2) is 54.6 Å². The van der Waals surface area contributed by atoms with Gasteiger partial charge in [-0.1, -0.05) is 62.9 Å². The lowest BCUT2D eigenvalue weighted by atomic mass is 9.86. The summed E-state index contributed by atoms with van der Waals surface area (Å²) in [6.07, 6.45) is 8.83. The van der Waals surface area contributed by atoms with E-state index in [9.17, 15) is 4.79 Å². The van der Waals surface area contributed by atoms with E-state index in [0.29, 0.717) is 6.42 Å². The fourth-order valence-corrected chi connectivity index (χ4v) is 4.56. The van der Waals surface area contributed by atoms with E-state index in [1.165, 1.54) is 19.3 Å². The van der Waals surface area contributed by atoms with Gasteiger partial charge in [-0.2, -0.15) is 0 Å². The molecule has 2 aromatic rings. The van der Waals surface area contributed by atoms with Crippen LogP contribution in [-0.2, 0) is 19.0 Å². The number of para-hydroxylation sites is 1. The Bertz CT molecular complexity index is 844. The second-order valence-electron chi connectivity index (χ2n) is 9.07. The molecule has 0 spiro atoms. The van der Waals surface area contributed by atoms with Crippen molar-refractivity contribution in [2.45, 2.75) is 83.2 Å². The van der Waals surface area contributed by atoms with Crippen LogP contribution in [0.2, 0.25) is 0 Å². The molecular formula is C28H36O5. The van der Waals surface area contributed by atoms with Crippen molar-refractivity contribution >= 4 is 5.97 Å². The Morgan fingerprint density at radius 2 is 1.76 bits per heavy atom. The molecule has 1 unspecified atom stereocenters. The summed E-state index contributed by atoms with van der Waals surface area (Å²) in [5.41, 5.74) is 1.05. The van der Waals surface area contributed by atoms with E-state index < -0.39 is 0 Å². The van der Waals surface area contributed by atoms with Gasteiger partial charge in [-0.15, -0.1) is 0 Å². The van der Waals surface area contributed by atoms with E-state index in [2.05, 4.69) is 6.92 Å². The van der Waals surface area contributed by atoms with Crippen LogP contribution < -0.4 is 4.74 Å². The van der Waals surface area contributed by atoms with E-state index in [-0.39, 0.29) is 30.4 Å². The average Bonchev–Trinajstić information content (AvgIpc) is 2.85. The maximum absolute atomic E-state index is 12.1. The molecule has 0 amide bonds. The molecule has 0 aromatic heterocycles. The van der Waals surface area contributed by atoms with Gasteiger partial charge in [-0.25, -0.2) is 0 Å².